The van der Waals surface area contributed by atoms with Crippen LogP contribution in [0.1, 0.15) is 10.6 Å². The Morgan fingerprint density at radius 2 is 1.86 bits per heavy atom. The number of nitrogens with zero attached hydrogens (tertiary/aromatic N) is 2. The van der Waals surface area contributed by atoms with E-state index in [2.05, 4.69) is 58.7 Å². The summed E-state index contributed by atoms with van der Waals surface area (Å²) in [5.74, 6) is 0. The van der Waals surface area contributed by atoms with Crippen molar-refractivity contribution in [2.24, 2.45) is 0 Å². The SMILES string of the molecule is c1ccc(Cc2nc3ccc(N4CCNCC4)cc3s2)cc1. The number of aromatic nitrogens is 1. The summed E-state index contributed by atoms with van der Waals surface area (Å²) in [5, 5.41) is 4.59. The second-order valence-corrected chi connectivity index (χ2v) is 6.77. The minimum absolute atomic E-state index is 0.920. The first-order valence-electron chi connectivity index (χ1n) is 7.77. The highest BCUT2D eigenvalue weighted by Gasteiger charge is 2.12. The van der Waals surface area contributed by atoms with Crippen molar-refractivity contribution in [3.05, 3.63) is 59.1 Å². The van der Waals surface area contributed by atoms with Crippen LogP contribution in [-0.2, 0) is 6.42 Å². The topological polar surface area (TPSA) is 28.2 Å². The Balaban J connectivity index is 1.60. The number of fused-ring (bicyclic) bond motifs is 1. The summed E-state index contributed by atoms with van der Waals surface area (Å²) in [4.78, 5) is 7.23. The molecule has 1 aliphatic heterocycles. The second kappa shape index (κ2) is 6.07. The van der Waals surface area contributed by atoms with Gasteiger partial charge in [-0.2, -0.15) is 0 Å². The highest BCUT2D eigenvalue weighted by atomic mass is 32.1. The standard InChI is InChI=1S/C18H19N3S/c1-2-4-14(5-3-1)12-18-20-16-7-6-15(13-17(16)22-18)21-10-8-19-9-11-21/h1-7,13,19H,8-12H2. The summed E-state index contributed by atoms with van der Waals surface area (Å²) in [7, 11) is 0. The molecule has 22 heavy (non-hydrogen) atoms. The van der Waals surface area contributed by atoms with E-state index < -0.39 is 0 Å². The molecule has 0 atom stereocenters. The van der Waals surface area contributed by atoms with E-state index in [1.807, 2.05) is 11.3 Å². The summed E-state index contributed by atoms with van der Waals surface area (Å²) in [6, 6.07) is 17.2. The van der Waals surface area contributed by atoms with Gasteiger partial charge in [-0.1, -0.05) is 30.3 Å². The van der Waals surface area contributed by atoms with Crippen molar-refractivity contribution in [1.29, 1.82) is 0 Å². The van der Waals surface area contributed by atoms with Crippen LogP contribution in [0.2, 0.25) is 0 Å². The fourth-order valence-corrected chi connectivity index (χ4v) is 3.96. The number of hydrogen-bond acceptors (Lipinski definition) is 4. The van der Waals surface area contributed by atoms with Gasteiger partial charge in [-0.05, 0) is 23.8 Å². The van der Waals surface area contributed by atoms with Gasteiger partial charge in [-0.15, -0.1) is 11.3 Å². The normalized spacial score (nSPS) is 15.4. The van der Waals surface area contributed by atoms with Gasteiger partial charge < -0.3 is 10.2 Å². The first-order chi connectivity index (χ1) is 10.9. The monoisotopic (exact) mass is 309 g/mol. The predicted octanol–water partition coefficient (Wildman–Crippen LogP) is 3.30. The zero-order valence-electron chi connectivity index (χ0n) is 12.5. The molecular weight excluding hydrogens is 290 g/mol. The zero-order chi connectivity index (χ0) is 14.8. The highest BCUT2D eigenvalue weighted by Crippen LogP contribution is 2.28. The number of hydrogen-bond donors (Lipinski definition) is 1. The second-order valence-electron chi connectivity index (χ2n) is 5.66. The van der Waals surface area contributed by atoms with Crippen molar-refractivity contribution in [1.82, 2.24) is 10.3 Å². The molecule has 2 heterocycles. The molecule has 4 heteroatoms. The molecule has 0 spiro atoms. The first-order valence-corrected chi connectivity index (χ1v) is 8.59. The number of anilines is 1. The van der Waals surface area contributed by atoms with Crippen LogP contribution in [0.15, 0.2) is 48.5 Å². The van der Waals surface area contributed by atoms with Crippen LogP contribution in [0.3, 0.4) is 0 Å². The van der Waals surface area contributed by atoms with Gasteiger partial charge in [0.25, 0.3) is 0 Å². The molecule has 0 aliphatic carbocycles. The third kappa shape index (κ3) is 2.85. The van der Waals surface area contributed by atoms with E-state index in [-0.39, 0.29) is 0 Å². The lowest BCUT2D eigenvalue weighted by Crippen LogP contribution is -2.43. The summed E-state index contributed by atoms with van der Waals surface area (Å²) in [6.07, 6.45) is 0.920. The number of nitrogens with one attached hydrogen (secondary N) is 1. The largest absolute Gasteiger partial charge is 0.369 e. The molecule has 0 unspecified atom stereocenters. The molecule has 1 N–H and O–H groups in total. The van der Waals surface area contributed by atoms with Gasteiger partial charge in [-0.3, -0.25) is 0 Å². The summed E-state index contributed by atoms with van der Waals surface area (Å²) in [6.45, 7) is 4.31. The van der Waals surface area contributed by atoms with Crippen LogP contribution in [0.4, 0.5) is 5.69 Å². The van der Waals surface area contributed by atoms with Crippen molar-refractivity contribution in [2.45, 2.75) is 6.42 Å². The predicted molar refractivity (Wildman–Crippen MR) is 94.0 cm³/mol. The minimum Gasteiger partial charge on any atom is -0.369 e. The Kier molecular flexibility index (Phi) is 3.79. The molecule has 0 amide bonds. The summed E-state index contributed by atoms with van der Waals surface area (Å²) >= 11 is 1.82. The lowest BCUT2D eigenvalue weighted by Gasteiger charge is -2.29. The Bertz CT molecular complexity index is 760. The molecular formula is C18H19N3S. The Morgan fingerprint density at radius 3 is 2.68 bits per heavy atom. The fourth-order valence-electron chi connectivity index (χ4n) is 2.93. The Morgan fingerprint density at radius 1 is 1.05 bits per heavy atom. The number of rotatable bonds is 3. The number of thiazole rings is 1. The van der Waals surface area contributed by atoms with Crippen LogP contribution in [0, 0.1) is 0 Å². The van der Waals surface area contributed by atoms with Crippen LogP contribution in [-0.4, -0.2) is 31.2 Å². The van der Waals surface area contributed by atoms with Gasteiger partial charge in [0.1, 0.15) is 0 Å². The maximum atomic E-state index is 4.78. The molecule has 4 rings (SSSR count). The van der Waals surface area contributed by atoms with E-state index in [1.54, 1.807) is 0 Å². The quantitative estimate of drug-likeness (QED) is 0.804. The minimum atomic E-state index is 0.920. The van der Waals surface area contributed by atoms with Crippen LogP contribution >= 0.6 is 11.3 Å². The van der Waals surface area contributed by atoms with Gasteiger partial charge in [-0.25, -0.2) is 4.98 Å². The molecule has 0 saturated carbocycles. The molecule has 3 aromatic rings. The van der Waals surface area contributed by atoms with Crippen molar-refractivity contribution in [3.63, 3.8) is 0 Å². The molecule has 1 aromatic heterocycles. The van der Waals surface area contributed by atoms with Gasteiger partial charge in [0.05, 0.1) is 15.2 Å². The smallest absolute Gasteiger partial charge is 0.0982 e. The van der Waals surface area contributed by atoms with E-state index in [4.69, 9.17) is 4.98 Å². The Labute approximate surface area is 134 Å². The van der Waals surface area contributed by atoms with E-state index in [9.17, 15) is 0 Å². The van der Waals surface area contributed by atoms with Crippen LogP contribution in [0.5, 0.6) is 0 Å². The molecule has 3 nitrogen and oxygen atoms in total. The van der Waals surface area contributed by atoms with E-state index >= 15 is 0 Å². The molecule has 1 fully saturated rings. The Hall–Kier alpha value is -1.91. The molecule has 1 saturated heterocycles. The van der Waals surface area contributed by atoms with Crippen molar-refractivity contribution in [2.75, 3.05) is 31.1 Å². The maximum Gasteiger partial charge on any atom is 0.0982 e. The summed E-state index contributed by atoms with van der Waals surface area (Å²) < 4.78 is 1.29. The molecule has 0 bridgehead atoms. The molecule has 0 radical (unpaired) electrons. The van der Waals surface area contributed by atoms with E-state index in [1.165, 1.54) is 21.0 Å². The van der Waals surface area contributed by atoms with E-state index in [0.29, 0.717) is 0 Å². The van der Waals surface area contributed by atoms with Crippen molar-refractivity contribution < 1.29 is 0 Å². The lowest BCUT2D eigenvalue weighted by atomic mass is 10.2. The van der Waals surface area contributed by atoms with Crippen molar-refractivity contribution >= 4 is 27.2 Å². The number of piperazine rings is 1. The summed E-state index contributed by atoms with van der Waals surface area (Å²) in [5.41, 5.74) is 3.77. The average Bonchev–Trinajstić information content (AvgIpc) is 2.98. The average molecular weight is 309 g/mol. The molecule has 1 aliphatic rings. The van der Waals surface area contributed by atoms with Gasteiger partial charge >= 0.3 is 0 Å². The number of benzene rings is 2. The highest BCUT2D eigenvalue weighted by molar-refractivity contribution is 7.18. The van der Waals surface area contributed by atoms with Crippen LogP contribution in [0.25, 0.3) is 10.2 Å². The van der Waals surface area contributed by atoms with Crippen LogP contribution < -0.4 is 10.2 Å². The van der Waals surface area contributed by atoms with E-state index in [0.717, 1.165) is 38.1 Å². The van der Waals surface area contributed by atoms with Gasteiger partial charge in [0.15, 0.2) is 0 Å². The maximum absolute atomic E-state index is 4.78. The van der Waals surface area contributed by atoms with Gasteiger partial charge in [0.2, 0.25) is 0 Å². The fraction of sp³-hybridized carbons (Fsp3) is 0.278. The molecule has 112 valence electrons. The third-order valence-electron chi connectivity index (χ3n) is 4.10. The molecule has 2 aromatic carbocycles. The first kappa shape index (κ1) is 13.7. The lowest BCUT2D eigenvalue weighted by molar-refractivity contribution is 0.589. The van der Waals surface area contributed by atoms with Crippen molar-refractivity contribution in [3.8, 4) is 0 Å². The van der Waals surface area contributed by atoms with Gasteiger partial charge in [0, 0.05) is 38.3 Å². The zero-order valence-corrected chi connectivity index (χ0v) is 13.3. The third-order valence-corrected chi connectivity index (χ3v) is 5.11.